The number of nitrogens with one attached hydrogen (secondary N) is 2. The lowest BCUT2D eigenvalue weighted by Crippen LogP contribution is -2.44. The number of rotatable bonds is 4. The molecule has 1 saturated carbocycles. The number of amidine groups is 1. The van der Waals surface area contributed by atoms with E-state index in [1.54, 1.807) is 13.3 Å². The summed E-state index contributed by atoms with van der Waals surface area (Å²) in [5, 5.41) is 14.0. The van der Waals surface area contributed by atoms with E-state index in [9.17, 15) is 9.90 Å². The number of carbonyl (C=O) groups is 1. The van der Waals surface area contributed by atoms with Crippen LogP contribution in [0.15, 0.2) is 45.8 Å². The van der Waals surface area contributed by atoms with E-state index < -0.39 is 5.97 Å². The standard InChI is InChI=1S/C22H24BrN5O3/c1-31-16-7-6-14(23)13-10-15(26-17(13)16)18-19-20(24)25-8-9-28(19)21(27-18)11-2-4-12(5-3-11)22(29)30/h6-12,21,26-27H,2-5H2,1H3,(H2,24,25)(H,29,30). The number of nitrogens with zero attached hydrogens (tertiary/aromatic N) is 2. The highest BCUT2D eigenvalue weighted by Crippen LogP contribution is 2.40. The Kier molecular flexibility index (Phi) is 4.92. The molecule has 2 aliphatic heterocycles. The number of H-pyrrole nitrogens is 1. The van der Waals surface area contributed by atoms with E-state index in [-0.39, 0.29) is 12.1 Å². The Morgan fingerprint density at radius 3 is 2.81 bits per heavy atom. The van der Waals surface area contributed by atoms with E-state index >= 15 is 0 Å². The zero-order chi connectivity index (χ0) is 21.7. The zero-order valence-corrected chi connectivity index (χ0v) is 18.6. The number of carboxylic acid groups (broad SMARTS) is 1. The fraction of sp³-hybridized carbons (Fsp3) is 0.364. The number of hydrogen-bond acceptors (Lipinski definition) is 6. The van der Waals surface area contributed by atoms with Crippen LogP contribution in [0.4, 0.5) is 0 Å². The van der Waals surface area contributed by atoms with Gasteiger partial charge in [0.2, 0.25) is 0 Å². The number of nitrogens with two attached hydrogens (primary N) is 1. The van der Waals surface area contributed by atoms with Crippen LogP contribution in [-0.2, 0) is 4.79 Å². The van der Waals surface area contributed by atoms with Crippen molar-refractivity contribution in [2.75, 3.05) is 7.11 Å². The van der Waals surface area contributed by atoms with Gasteiger partial charge in [-0.2, -0.15) is 0 Å². The molecule has 1 aromatic carbocycles. The molecule has 0 bridgehead atoms. The monoisotopic (exact) mass is 485 g/mol. The number of ether oxygens (including phenoxy) is 1. The number of halogens is 1. The van der Waals surface area contributed by atoms with Crippen LogP contribution >= 0.6 is 15.9 Å². The smallest absolute Gasteiger partial charge is 0.306 e. The van der Waals surface area contributed by atoms with Crippen LogP contribution in [0.1, 0.15) is 31.4 Å². The van der Waals surface area contributed by atoms with E-state index in [4.69, 9.17) is 10.5 Å². The SMILES string of the molecule is COc1ccc(Br)c2cc(C3=C4C(N)=NC=CN4C(C4CCC(C(=O)O)CC4)N3)[nH]c12. The molecule has 0 spiro atoms. The van der Waals surface area contributed by atoms with Gasteiger partial charge in [0.25, 0.3) is 0 Å². The third kappa shape index (κ3) is 3.27. The Morgan fingerprint density at radius 2 is 2.10 bits per heavy atom. The zero-order valence-electron chi connectivity index (χ0n) is 17.1. The lowest BCUT2D eigenvalue weighted by atomic mass is 9.80. The third-order valence-electron chi connectivity index (χ3n) is 6.53. The third-order valence-corrected chi connectivity index (χ3v) is 7.22. The summed E-state index contributed by atoms with van der Waals surface area (Å²) in [6.45, 7) is 0. The number of aromatic nitrogens is 1. The molecule has 0 radical (unpaired) electrons. The van der Waals surface area contributed by atoms with Crippen molar-refractivity contribution in [1.82, 2.24) is 15.2 Å². The number of aliphatic carboxylic acids is 1. The summed E-state index contributed by atoms with van der Waals surface area (Å²) < 4.78 is 6.50. The van der Waals surface area contributed by atoms with Gasteiger partial charge in [0, 0.05) is 22.3 Å². The van der Waals surface area contributed by atoms with Crippen LogP contribution in [0, 0.1) is 11.8 Å². The first-order valence-corrected chi connectivity index (χ1v) is 11.1. The Labute approximate surface area is 188 Å². The maximum absolute atomic E-state index is 11.4. The molecular formula is C22H24BrN5O3. The molecule has 162 valence electrons. The van der Waals surface area contributed by atoms with Crippen LogP contribution in [0.25, 0.3) is 16.6 Å². The number of fused-ring (bicyclic) bond motifs is 2. The highest BCUT2D eigenvalue weighted by atomic mass is 79.9. The Hall–Kier alpha value is -2.94. The molecule has 1 aromatic heterocycles. The van der Waals surface area contributed by atoms with Gasteiger partial charge in [0.15, 0.2) is 0 Å². The second-order valence-corrected chi connectivity index (χ2v) is 9.06. The van der Waals surface area contributed by atoms with E-state index in [1.165, 1.54) is 0 Å². The maximum Gasteiger partial charge on any atom is 0.306 e. The van der Waals surface area contributed by atoms with Crippen molar-refractivity contribution in [2.45, 2.75) is 31.8 Å². The molecule has 1 unspecified atom stereocenters. The van der Waals surface area contributed by atoms with Crippen molar-refractivity contribution in [1.29, 1.82) is 0 Å². The molecule has 1 fully saturated rings. The molecule has 2 aromatic rings. The first kappa shape index (κ1) is 20.0. The molecule has 8 nitrogen and oxygen atoms in total. The van der Waals surface area contributed by atoms with E-state index in [0.717, 1.165) is 51.1 Å². The van der Waals surface area contributed by atoms with Crippen molar-refractivity contribution in [3.8, 4) is 5.75 Å². The number of carboxylic acids is 1. The fourth-order valence-corrected chi connectivity index (χ4v) is 5.37. The molecule has 3 heterocycles. The van der Waals surface area contributed by atoms with Crippen molar-refractivity contribution >= 4 is 44.3 Å². The minimum atomic E-state index is -0.691. The van der Waals surface area contributed by atoms with Gasteiger partial charge in [-0.3, -0.25) is 4.79 Å². The number of hydrogen-bond donors (Lipinski definition) is 4. The van der Waals surface area contributed by atoms with E-state index in [1.807, 2.05) is 18.3 Å². The fourth-order valence-electron chi connectivity index (χ4n) is 4.92. The lowest BCUT2D eigenvalue weighted by molar-refractivity contribution is -0.143. The van der Waals surface area contributed by atoms with Gasteiger partial charge in [-0.1, -0.05) is 15.9 Å². The first-order valence-electron chi connectivity index (χ1n) is 10.4. The second-order valence-electron chi connectivity index (χ2n) is 8.20. The van der Waals surface area contributed by atoms with Crippen LogP contribution in [0.2, 0.25) is 0 Å². The molecular weight excluding hydrogens is 462 g/mol. The summed E-state index contributed by atoms with van der Waals surface area (Å²) >= 11 is 3.62. The molecule has 3 aliphatic rings. The van der Waals surface area contributed by atoms with Gasteiger partial charge in [-0.15, -0.1) is 0 Å². The summed E-state index contributed by atoms with van der Waals surface area (Å²) in [5.41, 5.74) is 9.85. The van der Waals surface area contributed by atoms with E-state index in [0.29, 0.717) is 24.6 Å². The molecule has 5 N–H and O–H groups in total. The van der Waals surface area contributed by atoms with Crippen LogP contribution in [0.5, 0.6) is 5.75 Å². The van der Waals surface area contributed by atoms with Crippen LogP contribution in [0.3, 0.4) is 0 Å². The average molecular weight is 486 g/mol. The minimum Gasteiger partial charge on any atom is -0.495 e. The number of benzene rings is 1. The van der Waals surface area contributed by atoms with Gasteiger partial charge in [-0.25, -0.2) is 4.99 Å². The Balaban J connectivity index is 1.51. The summed E-state index contributed by atoms with van der Waals surface area (Å²) in [4.78, 5) is 21.3. The molecule has 9 heteroatoms. The van der Waals surface area contributed by atoms with Crippen LogP contribution < -0.4 is 15.8 Å². The van der Waals surface area contributed by atoms with Crippen LogP contribution in [-0.4, -0.2) is 40.1 Å². The highest BCUT2D eigenvalue weighted by Gasteiger charge is 2.41. The molecule has 0 saturated heterocycles. The quantitative estimate of drug-likeness (QED) is 0.525. The molecule has 5 rings (SSSR count). The number of aliphatic imine (C=N–C) groups is 1. The van der Waals surface area contributed by atoms with Gasteiger partial charge < -0.3 is 30.8 Å². The van der Waals surface area contributed by atoms with Gasteiger partial charge in [0.1, 0.15) is 23.4 Å². The van der Waals surface area contributed by atoms with Crippen molar-refractivity contribution in [2.24, 2.45) is 22.6 Å². The first-order chi connectivity index (χ1) is 15.0. The lowest BCUT2D eigenvalue weighted by Gasteiger charge is -2.36. The largest absolute Gasteiger partial charge is 0.495 e. The predicted molar refractivity (Wildman–Crippen MR) is 122 cm³/mol. The van der Waals surface area contributed by atoms with Crippen molar-refractivity contribution < 1.29 is 14.6 Å². The summed E-state index contributed by atoms with van der Waals surface area (Å²) in [5.74, 6) is 0.593. The topological polar surface area (TPSA) is 116 Å². The highest BCUT2D eigenvalue weighted by molar-refractivity contribution is 9.10. The average Bonchev–Trinajstić information content (AvgIpc) is 3.38. The minimum absolute atomic E-state index is 0.00166. The summed E-state index contributed by atoms with van der Waals surface area (Å²) in [6, 6.07) is 5.96. The van der Waals surface area contributed by atoms with Crippen molar-refractivity contribution in [3.05, 3.63) is 46.5 Å². The normalized spacial score (nSPS) is 25.4. The number of aromatic amines is 1. The molecule has 0 amide bonds. The molecule has 31 heavy (non-hydrogen) atoms. The van der Waals surface area contributed by atoms with Gasteiger partial charge >= 0.3 is 5.97 Å². The summed E-state index contributed by atoms with van der Waals surface area (Å²) in [6.07, 6.45) is 6.75. The van der Waals surface area contributed by atoms with E-state index in [2.05, 4.69) is 42.2 Å². The van der Waals surface area contributed by atoms with Gasteiger partial charge in [0.05, 0.1) is 29.9 Å². The Bertz CT molecular complexity index is 1140. The summed E-state index contributed by atoms with van der Waals surface area (Å²) in [7, 11) is 1.65. The second kappa shape index (κ2) is 7.64. The number of methoxy groups -OCH3 is 1. The molecule has 1 atom stereocenters. The Morgan fingerprint density at radius 1 is 1.32 bits per heavy atom. The molecule has 1 aliphatic carbocycles. The van der Waals surface area contributed by atoms with Gasteiger partial charge in [-0.05, 0) is 49.8 Å². The maximum atomic E-state index is 11.4. The van der Waals surface area contributed by atoms with Crippen molar-refractivity contribution in [3.63, 3.8) is 0 Å². The predicted octanol–water partition coefficient (Wildman–Crippen LogP) is 3.57.